The molecule has 2 aromatic carbocycles. The monoisotopic (exact) mass is 488 g/mol. The summed E-state index contributed by atoms with van der Waals surface area (Å²) < 4.78 is 2.58. The van der Waals surface area contributed by atoms with Gasteiger partial charge in [-0.05, 0) is 50.4 Å². The van der Waals surface area contributed by atoms with Crippen molar-refractivity contribution >= 4 is 44.8 Å². The molecule has 3 aromatic rings. The quantitative estimate of drug-likeness (QED) is 0.600. The highest BCUT2D eigenvalue weighted by atomic mass is 79.9. The van der Waals surface area contributed by atoms with Gasteiger partial charge in [0, 0.05) is 35.7 Å². The SMILES string of the molecule is Cc1c(C(=O)Nc2cc(Cl)ccc2N2CCN(C)CC2)nnn1-c1cccc(Br)c1. The maximum absolute atomic E-state index is 13.0. The van der Waals surface area contributed by atoms with Gasteiger partial charge in [-0.1, -0.05) is 38.8 Å². The zero-order valence-electron chi connectivity index (χ0n) is 16.8. The standard InChI is InChI=1S/C21H22BrClN6O/c1-14-20(25-26-29(14)17-5-3-4-15(22)12-17)21(30)24-18-13-16(23)6-7-19(18)28-10-8-27(2)9-11-28/h3-7,12-13H,8-11H2,1-2H3,(H,24,30). The minimum atomic E-state index is -0.314. The second kappa shape index (κ2) is 8.75. The van der Waals surface area contributed by atoms with Crippen LogP contribution < -0.4 is 10.2 Å². The number of halogens is 2. The number of hydrogen-bond acceptors (Lipinski definition) is 5. The topological polar surface area (TPSA) is 66.3 Å². The molecule has 156 valence electrons. The van der Waals surface area contributed by atoms with Crippen LogP contribution in [0.3, 0.4) is 0 Å². The first-order valence-corrected chi connectivity index (χ1v) is 10.8. The summed E-state index contributed by atoms with van der Waals surface area (Å²) in [5.74, 6) is -0.314. The van der Waals surface area contributed by atoms with Gasteiger partial charge in [-0.2, -0.15) is 0 Å². The normalized spacial score (nSPS) is 14.7. The van der Waals surface area contributed by atoms with E-state index in [-0.39, 0.29) is 11.6 Å². The highest BCUT2D eigenvalue weighted by Crippen LogP contribution is 2.30. The number of piperazine rings is 1. The number of likely N-dealkylation sites (N-methyl/N-ethyl adjacent to an activating group) is 1. The molecule has 0 saturated carbocycles. The summed E-state index contributed by atoms with van der Waals surface area (Å²) in [5.41, 5.74) is 3.40. The maximum atomic E-state index is 13.0. The predicted molar refractivity (Wildman–Crippen MR) is 123 cm³/mol. The smallest absolute Gasteiger partial charge is 0.278 e. The largest absolute Gasteiger partial charge is 0.367 e. The van der Waals surface area contributed by atoms with E-state index in [9.17, 15) is 4.79 Å². The summed E-state index contributed by atoms with van der Waals surface area (Å²) in [7, 11) is 2.11. The molecular weight excluding hydrogens is 468 g/mol. The number of anilines is 2. The summed E-state index contributed by atoms with van der Waals surface area (Å²) in [6.07, 6.45) is 0. The molecule has 0 spiro atoms. The molecule has 0 radical (unpaired) electrons. The third kappa shape index (κ3) is 4.35. The third-order valence-corrected chi connectivity index (χ3v) is 5.94. The number of nitrogens with zero attached hydrogens (tertiary/aromatic N) is 5. The first-order chi connectivity index (χ1) is 14.4. The number of carbonyl (C=O) groups is 1. The Hall–Kier alpha value is -2.42. The maximum Gasteiger partial charge on any atom is 0.278 e. The minimum Gasteiger partial charge on any atom is -0.367 e. The Morgan fingerprint density at radius 2 is 1.90 bits per heavy atom. The second-order valence-corrected chi connectivity index (χ2v) is 8.67. The van der Waals surface area contributed by atoms with E-state index in [0.29, 0.717) is 16.4 Å². The average molecular weight is 490 g/mol. The van der Waals surface area contributed by atoms with Crippen LogP contribution in [0.4, 0.5) is 11.4 Å². The van der Waals surface area contributed by atoms with Gasteiger partial charge in [-0.3, -0.25) is 4.79 Å². The van der Waals surface area contributed by atoms with Gasteiger partial charge in [0.25, 0.3) is 5.91 Å². The van der Waals surface area contributed by atoms with Crippen molar-refractivity contribution in [2.45, 2.75) is 6.92 Å². The molecule has 1 aliphatic heterocycles. The average Bonchev–Trinajstić information content (AvgIpc) is 3.10. The lowest BCUT2D eigenvalue weighted by molar-refractivity contribution is 0.102. The second-order valence-electron chi connectivity index (χ2n) is 7.32. The number of carbonyl (C=O) groups excluding carboxylic acids is 1. The van der Waals surface area contributed by atoms with E-state index in [0.717, 1.165) is 42.0 Å². The van der Waals surface area contributed by atoms with Crippen molar-refractivity contribution in [2.24, 2.45) is 0 Å². The molecule has 30 heavy (non-hydrogen) atoms. The van der Waals surface area contributed by atoms with Crippen LogP contribution in [0.15, 0.2) is 46.9 Å². The number of rotatable bonds is 4. The van der Waals surface area contributed by atoms with E-state index in [1.54, 1.807) is 10.7 Å². The van der Waals surface area contributed by atoms with Crippen molar-refractivity contribution in [1.29, 1.82) is 0 Å². The number of hydrogen-bond donors (Lipinski definition) is 1. The van der Waals surface area contributed by atoms with Gasteiger partial charge in [0.1, 0.15) is 0 Å². The Bertz CT molecular complexity index is 1080. The van der Waals surface area contributed by atoms with Gasteiger partial charge in [-0.25, -0.2) is 4.68 Å². The van der Waals surface area contributed by atoms with Crippen LogP contribution in [-0.4, -0.2) is 59.0 Å². The molecule has 1 N–H and O–H groups in total. The van der Waals surface area contributed by atoms with Gasteiger partial charge < -0.3 is 15.1 Å². The molecule has 0 bridgehead atoms. The Kier molecular flexibility index (Phi) is 6.08. The molecule has 1 amide bonds. The van der Waals surface area contributed by atoms with Crippen LogP contribution in [-0.2, 0) is 0 Å². The van der Waals surface area contributed by atoms with E-state index in [4.69, 9.17) is 11.6 Å². The molecule has 2 heterocycles. The van der Waals surface area contributed by atoms with Crippen molar-refractivity contribution in [3.63, 3.8) is 0 Å². The highest BCUT2D eigenvalue weighted by Gasteiger charge is 2.22. The molecule has 0 unspecified atom stereocenters. The molecule has 0 atom stereocenters. The first kappa shape index (κ1) is 20.8. The summed E-state index contributed by atoms with van der Waals surface area (Å²) in [6.45, 7) is 5.54. The highest BCUT2D eigenvalue weighted by molar-refractivity contribution is 9.10. The van der Waals surface area contributed by atoms with Crippen LogP contribution in [0.2, 0.25) is 5.02 Å². The Labute approximate surface area is 188 Å². The van der Waals surface area contributed by atoms with Crippen LogP contribution in [0.1, 0.15) is 16.2 Å². The Balaban J connectivity index is 1.60. The molecule has 0 aliphatic carbocycles. The lowest BCUT2D eigenvalue weighted by atomic mass is 10.2. The Morgan fingerprint density at radius 3 is 2.63 bits per heavy atom. The van der Waals surface area contributed by atoms with Crippen molar-refractivity contribution in [3.8, 4) is 5.69 Å². The van der Waals surface area contributed by atoms with Crippen LogP contribution in [0.5, 0.6) is 0 Å². The van der Waals surface area contributed by atoms with Crippen LogP contribution >= 0.6 is 27.5 Å². The van der Waals surface area contributed by atoms with Crippen molar-refractivity contribution in [2.75, 3.05) is 43.4 Å². The van der Waals surface area contributed by atoms with Gasteiger partial charge in [0.15, 0.2) is 5.69 Å². The molecule has 1 fully saturated rings. The number of aromatic nitrogens is 3. The van der Waals surface area contributed by atoms with Crippen molar-refractivity contribution in [1.82, 2.24) is 19.9 Å². The fourth-order valence-electron chi connectivity index (χ4n) is 3.51. The molecule has 4 rings (SSSR count). The summed E-state index contributed by atoms with van der Waals surface area (Å²) in [5, 5.41) is 11.9. The number of benzene rings is 2. The Morgan fingerprint density at radius 1 is 1.13 bits per heavy atom. The molecule has 1 aromatic heterocycles. The zero-order chi connectivity index (χ0) is 21.3. The van der Waals surface area contributed by atoms with Crippen LogP contribution in [0.25, 0.3) is 5.69 Å². The first-order valence-electron chi connectivity index (χ1n) is 9.65. The van der Waals surface area contributed by atoms with E-state index in [1.165, 1.54) is 0 Å². The molecule has 7 nitrogen and oxygen atoms in total. The molecule has 9 heteroatoms. The van der Waals surface area contributed by atoms with E-state index in [2.05, 4.69) is 48.4 Å². The van der Waals surface area contributed by atoms with Crippen molar-refractivity contribution < 1.29 is 4.79 Å². The number of nitrogens with one attached hydrogen (secondary N) is 1. The predicted octanol–water partition coefficient (Wildman–Crippen LogP) is 4.00. The molecule has 1 aliphatic rings. The fraction of sp³-hybridized carbons (Fsp3) is 0.286. The fourth-order valence-corrected chi connectivity index (χ4v) is 4.06. The molecular formula is C21H22BrClN6O. The lowest BCUT2D eigenvalue weighted by Crippen LogP contribution is -2.44. The third-order valence-electron chi connectivity index (χ3n) is 5.21. The van der Waals surface area contributed by atoms with Crippen LogP contribution in [0, 0.1) is 6.92 Å². The minimum absolute atomic E-state index is 0.277. The van der Waals surface area contributed by atoms with Gasteiger partial charge in [0.2, 0.25) is 0 Å². The van der Waals surface area contributed by atoms with Gasteiger partial charge in [-0.15, -0.1) is 5.10 Å². The summed E-state index contributed by atoms with van der Waals surface area (Å²) in [4.78, 5) is 17.6. The van der Waals surface area contributed by atoms with E-state index in [1.807, 2.05) is 43.3 Å². The van der Waals surface area contributed by atoms with Gasteiger partial charge in [0.05, 0.1) is 22.8 Å². The lowest BCUT2D eigenvalue weighted by Gasteiger charge is -2.35. The van der Waals surface area contributed by atoms with E-state index >= 15 is 0 Å². The van der Waals surface area contributed by atoms with Crippen molar-refractivity contribution in [3.05, 3.63) is 63.3 Å². The summed E-state index contributed by atoms with van der Waals surface area (Å²) >= 11 is 9.68. The van der Waals surface area contributed by atoms with E-state index < -0.39 is 0 Å². The zero-order valence-corrected chi connectivity index (χ0v) is 19.1. The molecule has 1 saturated heterocycles. The van der Waals surface area contributed by atoms with Gasteiger partial charge >= 0.3 is 0 Å². The number of amides is 1. The summed E-state index contributed by atoms with van der Waals surface area (Å²) in [6, 6.07) is 13.3.